The third-order valence-corrected chi connectivity index (χ3v) is 2.72. The summed E-state index contributed by atoms with van der Waals surface area (Å²) in [5, 5.41) is 0. The lowest BCUT2D eigenvalue weighted by Gasteiger charge is -1.96. The normalized spacial score (nSPS) is 10.1. The number of ketones is 2. The van der Waals surface area contributed by atoms with Crippen LogP contribution in [-0.2, 0) is 9.53 Å². The fourth-order valence-electron chi connectivity index (χ4n) is 1.06. The SMILES string of the molecule is COCC(=O)CC(=O)c1ccc(C)s1. The average molecular weight is 212 g/mol. The van der Waals surface area contributed by atoms with E-state index in [1.54, 1.807) is 6.07 Å². The van der Waals surface area contributed by atoms with Crippen LogP contribution in [0.25, 0.3) is 0 Å². The van der Waals surface area contributed by atoms with Gasteiger partial charge in [-0.05, 0) is 19.1 Å². The van der Waals surface area contributed by atoms with Crippen molar-refractivity contribution in [2.24, 2.45) is 0 Å². The second-order valence-electron chi connectivity index (χ2n) is 2.98. The Kier molecular flexibility index (Phi) is 3.98. The summed E-state index contributed by atoms with van der Waals surface area (Å²) in [6, 6.07) is 3.63. The van der Waals surface area contributed by atoms with E-state index in [1.807, 2.05) is 13.0 Å². The predicted molar refractivity (Wildman–Crippen MR) is 54.9 cm³/mol. The van der Waals surface area contributed by atoms with Crippen LogP contribution in [0.2, 0.25) is 0 Å². The van der Waals surface area contributed by atoms with Crippen molar-refractivity contribution in [3.8, 4) is 0 Å². The minimum atomic E-state index is -0.177. The zero-order valence-electron chi connectivity index (χ0n) is 8.20. The monoisotopic (exact) mass is 212 g/mol. The number of hydrogen-bond donors (Lipinski definition) is 0. The van der Waals surface area contributed by atoms with Gasteiger partial charge in [0, 0.05) is 12.0 Å². The summed E-state index contributed by atoms with van der Waals surface area (Å²) < 4.78 is 4.65. The molecule has 76 valence electrons. The van der Waals surface area contributed by atoms with Gasteiger partial charge in [0.25, 0.3) is 0 Å². The third-order valence-electron chi connectivity index (χ3n) is 1.68. The molecule has 0 fully saturated rings. The first kappa shape index (κ1) is 11.1. The molecule has 0 aromatic carbocycles. The molecule has 0 aliphatic carbocycles. The van der Waals surface area contributed by atoms with Crippen molar-refractivity contribution < 1.29 is 14.3 Å². The summed E-state index contributed by atoms with van der Waals surface area (Å²) in [7, 11) is 1.44. The predicted octanol–water partition coefficient (Wildman–Crippen LogP) is 1.84. The summed E-state index contributed by atoms with van der Waals surface area (Å²) in [5.74, 6) is -0.297. The lowest BCUT2D eigenvalue weighted by atomic mass is 10.2. The van der Waals surface area contributed by atoms with Gasteiger partial charge in [-0.15, -0.1) is 11.3 Å². The van der Waals surface area contributed by atoms with Crippen LogP contribution in [-0.4, -0.2) is 25.3 Å². The molecule has 0 aliphatic rings. The molecule has 0 atom stereocenters. The summed E-state index contributed by atoms with van der Waals surface area (Å²) in [4.78, 5) is 24.3. The van der Waals surface area contributed by atoms with Gasteiger partial charge in [-0.25, -0.2) is 0 Å². The number of hydrogen-bond acceptors (Lipinski definition) is 4. The van der Waals surface area contributed by atoms with Crippen molar-refractivity contribution in [1.29, 1.82) is 0 Å². The summed E-state index contributed by atoms with van der Waals surface area (Å²) in [6.07, 6.45) is -0.0617. The molecule has 3 nitrogen and oxygen atoms in total. The van der Waals surface area contributed by atoms with Crippen molar-refractivity contribution in [2.75, 3.05) is 13.7 Å². The molecule has 14 heavy (non-hydrogen) atoms. The van der Waals surface area contributed by atoms with E-state index in [2.05, 4.69) is 4.74 Å². The largest absolute Gasteiger partial charge is 0.377 e. The molecule has 1 rings (SSSR count). The van der Waals surface area contributed by atoms with Crippen LogP contribution in [0.4, 0.5) is 0 Å². The van der Waals surface area contributed by atoms with Crippen molar-refractivity contribution >= 4 is 22.9 Å². The van der Waals surface area contributed by atoms with E-state index in [1.165, 1.54) is 18.4 Å². The summed E-state index contributed by atoms with van der Waals surface area (Å²) >= 11 is 1.41. The standard InChI is InChI=1S/C10H12O3S/c1-7-3-4-10(14-7)9(12)5-8(11)6-13-2/h3-4H,5-6H2,1-2H3. The van der Waals surface area contributed by atoms with Crippen molar-refractivity contribution in [3.05, 3.63) is 21.9 Å². The molecule has 0 aliphatic heterocycles. The molecular weight excluding hydrogens is 200 g/mol. The number of methoxy groups -OCH3 is 1. The first-order valence-corrected chi connectivity index (χ1v) is 5.05. The van der Waals surface area contributed by atoms with E-state index in [0.717, 1.165) is 4.88 Å². The Labute approximate surface area is 86.7 Å². The maximum Gasteiger partial charge on any atom is 0.180 e. The van der Waals surface area contributed by atoms with Crippen LogP contribution in [0.5, 0.6) is 0 Å². The number of aryl methyl sites for hydroxylation is 1. The van der Waals surface area contributed by atoms with E-state index in [4.69, 9.17) is 0 Å². The fraction of sp³-hybridized carbons (Fsp3) is 0.400. The zero-order chi connectivity index (χ0) is 10.6. The quantitative estimate of drug-likeness (QED) is 0.552. The number of rotatable bonds is 5. The van der Waals surface area contributed by atoms with E-state index in [0.29, 0.717) is 4.88 Å². The Hall–Kier alpha value is -1.000. The second kappa shape index (κ2) is 5.02. The number of thiophene rings is 1. The molecule has 1 aromatic heterocycles. The zero-order valence-corrected chi connectivity index (χ0v) is 9.02. The highest BCUT2D eigenvalue weighted by atomic mass is 32.1. The van der Waals surface area contributed by atoms with Crippen molar-refractivity contribution in [3.63, 3.8) is 0 Å². The maximum absolute atomic E-state index is 11.5. The Balaban J connectivity index is 2.55. The van der Waals surface area contributed by atoms with Crippen LogP contribution in [0, 0.1) is 6.92 Å². The Morgan fingerprint density at radius 2 is 2.14 bits per heavy atom. The minimum absolute atomic E-state index is 0.0100. The lowest BCUT2D eigenvalue weighted by Crippen LogP contribution is -2.11. The smallest absolute Gasteiger partial charge is 0.180 e. The van der Waals surface area contributed by atoms with Crippen LogP contribution in [0.1, 0.15) is 21.0 Å². The molecule has 0 bridgehead atoms. The van der Waals surface area contributed by atoms with Gasteiger partial charge >= 0.3 is 0 Å². The molecule has 0 radical (unpaired) electrons. The number of Topliss-reactive ketones (excluding diaryl/α,β-unsaturated/α-hetero) is 2. The molecular formula is C10H12O3S. The molecule has 0 saturated heterocycles. The number of ether oxygens (including phenoxy) is 1. The summed E-state index contributed by atoms with van der Waals surface area (Å²) in [6.45, 7) is 1.94. The van der Waals surface area contributed by atoms with E-state index in [-0.39, 0.29) is 24.6 Å². The average Bonchev–Trinajstić information content (AvgIpc) is 2.52. The van der Waals surface area contributed by atoms with Gasteiger partial charge in [-0.3, -0.25) is 9.59 Å². The maximum atomic E-state index is 11.5. The molecule has 0 spiro atoms. The lowest BCUT2D eigenvalue weighted by molar-refractivity contribution is -0.121. The topological polar surface area (TPSA) is 43.4 Å². The minimum Gasteiger partial charge on any atom is -0.377 e. The van der Waals surface area contributed by atoms with Crippen LogP contribution in [0.15, 0.2) is 12.1 Å². The number of carbonyl (C=O) groups excluding carboxylic acids is 2. The Morgan fingerprint density at radius 3 is 2.64 bits per heavy atom. The summed E-state index contributed by atoms with van der Waals surface area (Å²) in [5.41, 5.74) is 0. The highest BCUT2D eigenvalue weighted by molar-refractivity contribution is 7.14. The van der Waals surface area contributed by atoms with Gasteiger partial charge in [-0.2, -0.15) is 0 Å². The van der Waals surface area contributed by atoms with Gasteiger partial charge in [-0.1, -0.05) is 0 Å². The van der Waals surface area contributed by atoms with Gasteiger partial charge in [0.2, 0.25) is 0 Å². The van der Waals surface area contributed by atoms with Crippen molar-refractivity contribution in [2.45, 2.75) is 13.3 Å². The Morgan fingerprint density at radius 1 is 1.43 bits per heavy atom. The molecule has 4 heteroatoms. The highest BCUT2D eigenvalue weighted by Crippen LogP contribution is 2.16. The first-order chi connectivity index (χ1) is 6.63. The van der Waals surface area contributed by atoms with Gasteiger partial charge in [0.1, 0.15) is 6.61 Å². The molecule has 1 aromatic rings. The third kappa shape index (κ3) is 3.05. The molecule has 0 unspecified atom stereocenters. The first-order valence-electron chi connectivity index (χ1n) is 4.23. The van der Waals surface area contributed by atoms with Crippen LogP contribution >= 0.6 is 11.3 Å². The number of carbonyl (C=O) groups is 2. The molecule has 0 amide bonds. The fourth-order valence-corrected chi connectivity index (χ4v) is 1.87. The van der Waals surface area contributed by atoms with E-state index >= 15 is 0 Å². The van der Waals surface area contributed by atoms with E-state index in [9.17, 15) is 9.59 Å². The van der Waals surface area contributed by atoms with Gasteiger partial charge in [0.15, 0.2) is 11.6 Å². The van der Waals surface area contributed by atoms with Gasteiger partial charge < -0.3 is 4.74 Å². The molecule has 0 saturated carbocycles. The second-order valence-corrected chi connectivity index (χ2v) is 4.27. The van der Waals surface area contributed by atoms with Crippen molar-refractivity contribution in [1.82, 2.24) is 0 Å². The van der Waals surface area contributed by atoms with Crippen LogP contribution in [0.3, 0.4) is 0 Å². The van der Waals surface area contributed by atoms with E-state index < -0.39 is 0 Å². The highest BCUT2D eigenvalue weighted by Gasteiger charge is 2.12. The van der Waals surface area contributed by atoms with Gasteiger partial charge in [0.05, 0.1) is 11.3 Å². The Bertz CT molecular complexity index is 341. The molecule has 1 heterocycles. The molecule has 0 N–H and O–H groups in total. The van der Waals surface area contributed by atoms with Crippen LogP contribution < -0.4 is 0 Å².